The summed E-state index contributed by atoms with van der Waals surface area (Å²) in [6, 6.07) is 0. The average molecular weight is 338 g/mol. The van der Waals surface area contributed by atoms with Gasteiger partial charge >= 0.3 is 17.5 Å². The van der Waals surface area contributed by atoms with Crippen LogP contribution in [0.25, 0.3) is 0 Å². The SMILES string of the molecule is CC(C)O[Si](C)(N=C=S)O[Si](C)(OC(C)C)OC(C)C. The summed E-state index contributed by atoms with van der Waals surface area (Å²) < 4.78 is 27.9. The molecule has 0 aromatic heterocycles. The van der Waals surface area contributed by atoms with Crippen LogP contribution in [0.5, 0.6) is 0 Å². The van der Waals surface area contributed by atoms with E-state index >= 15 is 0 Å². The van der Waals surface area contributed by atoms with Gasteiger partial charge in [0.1, 0.15) is 0 Å². The molecular weight excluding hydrogens is 310 g/mol. The summed E-state index contributed by atoms with van der Waals surface area (Å²) in [6.45, 7) is 15.3. The van der Waals surface area contributed by atoms with E-state index in [1.165, 1.54) is 0 Å². The number of isothiocyanates is 1. The first kappa shape index (κ1) is 20.1. The minimum Gasteiger partial charge on any atom is -0.375 e. The van der Waals surface area contributed by atoms with Gasteiger partial charge in [-0.3, -0.25) is 0 Å². The Bertz CT molecular complexity index is 338. The van der Waals surface area contributed by atoms with E-state index < -0.39 is 17.5 Å². The first-order valence-electron chi connectivity index (χ1n) is 6.84. The van der Waals surface area contributed by atoms with Gasteiger partial charge in [0.05, 0.1) is 5.16 Å². The quantitative estimate of drug-likeness (QED) is 0.366. The molecule has 0 N–H and O–H groups in total. The fourth-order valence-electron chi connectivity index (χ4n) is 1.87. The molecule has 20 heavy (non-hydrogen) atoms. The molecule has 0 aromatic carbocycles. The van der Waals surface area contributed by atoms with Crippen molar-refractivity contribution in [2.24, 2.45) is 4.66 Å². The maximum Gasteiger partial charge on any atom is 0.490 e. The first-order chi connectivity index (χ1) is 9.02. The fraction of sp³-hybridized carbons (Fsp3) is 0.917. The summed E-state index contributed by atoms with van der Waals surface area (Å²) in [4.78, 5) is 0. The average Bonchev–Trinajstić information content (AvgIpc) is 2.10. The topological polar surface area (TPSA) is 49.3 Å². The standard InChI is InChI=1S/C12H27NO4SSi2/c1-10(2)14-19(7,13-9-18)17-20(8,15-11(3)4)16-12(5)6/h10-12H,1-8H3. The van der Waals surface area contributed by atoms with Crippen molar-refractivity contribution < 1.29 is 17.4 Å². The highest BCUT2D eigenvalue weighted by atomic mass is 32.1. The molecule has 0 spiro atoms. The highest BCUT2D eigenvalue weighted by Crippen LogP contribution is 2.23. The summed E-state index contributed by atoms with van der Waals surface area (Å²) in [6.07, 6.45) is -0.0199. The van der Waals surface area contributed by atoms with Crippen LogP contribution in [0.2, 0.25) is 13.1 Å². The largest absolute Gasteiger partial charge is 0.490 e. The maximum absolute atomic E-state index is 6.11. The minimum atomic E-state index is -2.86. The van der Waals surface area contributed by atoms with Crippen molar-refractivity contribution >= 4 is 34.9 Å². The molecule has 118 valence electrons. The second kappa shape index (κ2) is 8.50. The van der Waals surface area contributed by atoms with E-state index in [1.807, 2.05) is 54.6 Å². The Labute approximate surface area is 130 Å². The van der Waals surface area contributed by atoms with Crippen molar-refractivity contribution in [3.8, 4) is 0 Å². The predicted octanol–water partition coefficient (Wildman–Crippen LogP) is 3.52. The lowest BCUT2D eigenvalue weighted by Crippen LogP contribution is -2.55. The van der Waals surface area contributed by atoms with Crippen molar-refractivity contribution in [2.45, 2.75) is 72.9 Å². The van der Waals surface area contributed by atoms with Crippen LogP contribution in [0.15, 0.2) is 4.66 Å². The molecule has 0 aliphatic carbocycles. The zero-order valence-corrected chi connectivity index (χ0v) is 16.5. The van der Waals surface area contributed by atoms with Crippen LogP contribution in [0, 0.1) is 0 Å². The van der Waals surface area contributed by atoms with Gasteiger partial charge in [-0.05, 0) is 53.8 Å². The second-order valence-electron chi connectivity index (χ2n) is 5.57. The fourth-order valence-corrected chi connectivity index (χ4v) is 8.74. The van der Waals surface area contributed by atoms with E-state index in [4.69, 9.17) is 29.6 Å². The summed E-state index contributed by atoms with van der Waals surface area (Å²) in [7, 11) is -5.72. The number of nitrogens with zero attached hydrogens (tertiary/aromatic N) is 1. The molecule has 0 saturated heterocycles. The third-order valence-corrected chi connectivity index (χ3v) is 8.45. The van der Waals surface area contributed by atoms with E-state index in [2.05, 4.69) is 9.82 Å². The van der Waals surface area contributed by atoms with Crippen LogP contribution in [0.3, 0.4) is 0 Å². The van der Waals surface area contributed by atoms with Gasteiger partial charge < -0.3 is 17.4 Å². The maximum atomic E-state index is 6.11. The van der Waals surface area contributed by atoms with E-state index in [1.54, 1.807) is 0 Å². The number of rotatable bonds is 9. The molecule has 1 atom stereocenters. The molecule has 5 nitrogen and oxygen atoms in total. The van der Waals surface area contributed by atoms with Crippen LogP contribution in [-0.2, 0) is 17.4 Å². The second-order valence-corrected chi connectivity index (χ2v) is 11.0. The molecule has 0 aliphatic heterocycles. The van der Waals surface area contributed by atoms with Crippen molar-refractivity contribution in [1.29, 1.82) is 0 Å². The number of hydrogen-bond donors (Lipinski definition) is 0. The summed E-state index contributed by atoms with van der Waals surface area (Å²) in [5, 5.41) is 2.37. The van der Waals surface area contributed by atoms with Crippen LogP contribution in [-0.4, -0.2) is 41.0 Å². The molecule has 0 amide bonds. The number of hydrogen-bond acceptors (Lipinski definition) is 6. The molecule has 0 bridgehead atoms. The van der Waals surface area contributed by atoms with Crippen LogP contribution >= 0.6 is 12.2 Å². The lowest BCUT2D eigenvalue weighted by atomic mass is 10.5. The van der Waals surface area contributed by atoms with Gasteiger partial charge in [-0.25, -0.2) is 4.66 Å². The molecule has 0 rings (SSSR count). The molecule has 1 unspecified atom stereocenters. The van der Waals surface area contributed by atoms with Crippen LogP contribution in [0.4, 0.5) is 0 Å². The van der Waals surface area contributed by atoms with Gasteiger partial charge in [0.15, 0.2) is 0 Å². The molecule has 0 heterocycles. The smallest absolute Gasteiger partial charge is 0.375 e. The monoisotopic (exact) mass is 337 g/mol. The zero-order chi connectivity index (χ0) is 16.0. The molecule has 0 aromatic rings. The minimum absolute atomic E-state index is 0.000762. The van der Waals surface area contributed by atoms with Crippen LogP contribution < -0.4 is 0 Å². The first-order valence-corrected chi connectivity index (χ1v) is 11.7. The van der Waals surface area contributed by atoms with E-state index in [0.29, 0.717) is 0 Å². The number of thiocarbonyl (C=S) groups is 1. The Morgan fingerprint density at radius 1 is 0.850 bits per heavy atom. The van der Waals surface area contributed by atoms with Gasteiger partial charge in [-0.2, -0.15) is 0 Å². The summed E-state index contributed by atoms with van der Waals surface area (Å²) >= 11 is 4.71. The third kappa shape index (κ3) is 8.38. The molecule has 0 aliphatic rings. The molecule has 0 fully saturated rings. The van der Waals surface area contributed by atoms with Gasteiger partial charge in [-0.1, -0.05) is 0 Å². The Hall–Kier alpha value is 0.0738. The van der Waals surface area contributed by atoms with Crippen molar-refractivity contribution in [3.05, 3.63) is 0 Å². The van der Waals surface area contributed by atoms with Crippen molar-refractivity contribution in [2.75, 3.05) is 0 Å². The summed E-state index contributed by atoms with van der Waals surface area (Å²) in [5.41, 5.74) is 0. The highest BCUT2D eigenvalue weighted by molar-refractivity contribution is 7.78. The Morgan fingerprint density at radius 2 is 1.25 bits per heavy atom. The van der Waals surface area contributed by atoms with Crippen LogP contribution in [0.1, 0.15) is 41.5 Å². The molecule has 0 saturated carbocycles. The lowest BCUT2D eigenvalue weighted by molar-refractivity contribution is 0.0438. The van der Waals surface area contributed by atoms with E-state index in [-0.39, 0.29) is 18.3 Å². The van der Waals surface area contributed by atoms with Gasteiger partial charge in [0.2, 0.25) is 0 Å². The lowest BCUT2D eigenvalue weighted by Gasteiger charge is -2.35. The van der Waals surface area contributed by atoms with E-state index in [9.17, 15) is 0 Å². The predicted molar refractivity (Wildman–Crippen MR) is 88.0 cm³/mol. The normalized spacial score (nSPS) is 15.6. The van der Waals surface area contributed by atoms with Gasteiger partial charge in [-0.15, -0.1) is 0 Å². The Balaban J connectivity index is 5.20. The molecule has 8 heteroatoms. The van der Waals surface area contributed by atoms with E-state index in [0.717, 1.165) is 0 Å². The van der Waals surface area contributed by atoms with Crippen molar-refractivity contribution in [3.63, 3.8) is 0 Å². The molecular formula is C12H27NO4SSi2. The third-order valence-electron chi connectivity index (χ3n) is 1.98. The summed E-state index contributed by atoms with van der Waals surface area (Å²) in [5.74, 6) is 0. The van der Waals surface area contributed by atoms with Gasteiger partial charge in [0.25, 0.3) is 0 Å². The van der Waals surface area contributed by atoms with Crippen molar-refractivity contribution in [1.82, 2.24) is 0 Å². The Kier molecular flexibility index (Phi) is 8.53. The zero-order valence-electron chi connectivity index (χ0n) is 13.7. The Morgan fingerprint density at radius 3 is 1.55 bits per heavy atom. The van der Waals surface area contributed by atoms with Gasteiger partial charge in [0, 0.05) is 31.4 Å². The molecule has 0 radical (unpaired) electrons. The highest BCUT2D eigenvalue weighted by Gasteiger charge is 2.48.